The van der Waals surface area contributed by atoms with Crippen LogP contribution in [0.25, 0.3) is 11.0 Å². The highest BCUT2D eigenvalue weighted by Gasteiger charge is 2.13. The SMILES string of the molecule is Cc1cc(=O)oc2cc(OCC(=O)N(C)Cc3ccccc3F)ccc12. The van der Waals surface area contributed by atoms with Crippen LogP contribution in [0.3, 0.4) is 0 Å². The fourth-order valence-corrected chi connectivity index (χ4v) is 2.62. The second-order valence-electron chi connectivity index (χ2n) is 6.04. The molecule has 6 heteroatoms. The van der Waals surface area contributed by atoms with Gasteiger partial charge in [0.15, 0.2) is 6.61 Å². The lowest BCUT2D eigenvalue weighted by Crippen LogP contribution is -2.31. The van der Waals surface area contributed by atoms with Crippen molar-refractivity contribution in [3.05, 3.63) is 75.9 Å². The van der Waals surface area contributed by atoms with Crippen LogP contribution in [0.15, 0.2) is 57.7 Å². The molecule has 1 amide bonds. The molecule has 26 heavy (non-hydrogen) atoms. The zero-order valence-electron chi connectivity index (χ0n) is 14.5. The third-order valence-corrected chi connectivity index (χ3v) is 4.08. The maximum Gasteiger partial charge on any atom is 0.336 e. The van der Waals surface area contributed by atoms with Crippen molar-refractivity contribution < 1.29 is 18.3 Å². The van der Waals surface area contributed by atoms with E-state index in [0.717, 1.165) is 10.9 Å². The van der Waals surface area contributed by atoms with Crippen molar-refractivity contribution in [2.45, 2.75) is 13.5 Å². The van der Waals surface area contributed by atoms with Crippen LogP contribution in [0.5, 0.6) is 5.75 Å². The monoisotopic (exact) mass is 355 g/mol. The molecule has 0 N–H and O–H groups in total. The van der Waals surface area contributed by atoms with E-state index in [1.165, 1.54) is 17.0 Å². The highest BCUT2D eigenvalue weighted by molar-refractivity contribution is 5.81. The molecule has 0 fully saturated rings. The van der Waals surface area contributed by atoms with E-state index in [4.69, 9.17) is 9.15 Å². The molecule has 5 nitrogen and oxygen atoms in total. The number of aryl methyl sites for hydroxylation is 1. The van der Waals surface area contributed by atoms with Gasteiger partial charge < -0.3 is 14.1 Å². The number of hydrogen-bond acceptors (Lipinski definition) is 4. The molecule has 0 aliphatic rings. The Bertz CT molecular complexity index is 1010. The predicted octanol–water partition coefficient (Wildman–Crippen LogP) is 3.28. The molecule has 2 aromatic carbocycles. The van der Waals surface area contributed by atoms with Crippen LogP contribution in [-0.4, -0.2) is 24.5 Å². The molecule has 0 aliphatic carbocycles. The molecule has 3 rings (SSSR count). The number of hydrogen-bond donors (Lipinski definition) is 0. The summed E-state index contributed by atoms with van der Waals surface area (Å²) in [4.78, 5) is 25.1. The fourth-order valence-electron chi connectivity index (χ4n) is 2.62. The summed E-state index contributed by atoms with van der Waals surface area (Å²) < 4.78 is 24.3. The van der Waals surface area contributed by atoms with Gasteiger partial charge in [-0.2, -0.15) is 0 Å². The summed E-state index contributed by atoms with van der Waals surface area (Å²) in [5, 5.41) is 0.806. The molecule has 1 aromatic heterocycles. The van der Waals surface area contributed by atoms with Crippen LogP contribution in [0, 0.1) is 12.7 Å². The molecule has 0 atom stereocenters. The van der Waals surface area contributed by atoms with Crippen molar-refractivity contribution in [2.24, 2.45) is 0 Å². The molecule has 0 bridgehead atoms. The first-order valence-electron chi connectivity index (χ1n) is 8.09. The third kappa shape index (κ3) is 3.91. The number of nitrogens with zero attached hydrogens (tertiary/aromatic N) is 1. The Labute approximate surface area is 149 Å². The molecule has 0 unspecified atom stereocenters. The Morgan fingerprint density at radius 3 is 2.73 bits per heavy atom. The molecule has 0 spiro atoms. The van der Waals surface area contributed by atoms with Gasteiger partial charge >= 0.3 is 5.63 Å². The molecular weight excluding hydrogens is 337 g/mol. The van der Waals surface area contributed by atoms with Gasteiger partial charge in [0, 0.05) is 36.7 Å². The number of fused-ring (bicyclic) bond motifs is 1. The van der Waals surface area contributed by atoms with E-state index in [1.54, 1.807) is 43.4 Å². The zero-order chi connectivity index (χ0) is 18.7. The minimum atomic E-state index is -0.437. The lowest BCUT2D eigenvalue weighted by molar-refractivity contribution is -0.132. The van der Waals surface area contributed by atoms with Crippen molar-refractivity contribution in [3.8, 4) is 5.75 Å². The minimum absolute atomic E-state index is 0.153. The second-order valence-corrected chi connectivity index (χ2v) is 6.04. The van der Waals surface area contributed by atoms with Gasteiger partial charge in [-0.3, -0.25) is 4.79 Å². The topological polar surface area (TPSA) is 59.8 Å². The lowest BCUT2D eigenvalue weighted by Gasteiger charge is -2.18. The summed E-state index contributed by atoms with van der Waals surface area (Å²) in [5.41, 5.74) is 1.21. The minimum Gasteiger partial charge on any atom is -0.484 e. The van der Waals surface area contributed by atoms with E-state index in [-0.39, 0.29) is 24.9 Å². The van der Waals surface area contributed by atoms with Crippen LogP contribution < -0.4 is 10.4 Å². The van der Waals surface area contributed by atoms with Gasteiger partial charge in [-0.25, -0.2) is 9.18 Å². The second kappa shape index (κ2) is 7.39. The van der Waals surface area contributed by atoms with Crippen LogP contribution >= 0.6 is 0 Å². The van der Waals surface area contributed by atoms with E-state index in [1.807, 2.05) is 6.92 Å². The summed E-state index contributed by atoms with van der Waals surface area (Å²) in [6.07, 6.45) is 0. The van der Waals surface area contributed by atoms with E-state index >= 15 is 0 Å². The summed E-state index contributed by atoms with van der Waals surface area (Å²) in [6.45, 7) is 1.77. The largest absolute Gasteiger partial charge is 0.484 e. The number of halogens is 1. The molecule has 1 heterocycles. The molecule has 0 radical (unpaired) electrons. The quantitative estimate of drug-likeness (QED) is 0.659. The summed E-state index contributed by atoms with van der Waals surface area (Å²) in [7, 11) is 1.58. The van der Waals surface area contributed by atoms with Crippen LogP contribution in [0.4, 0.5) is 4.39 Å². The average Bonchev–Trinajstić information content (AvgIpc) is 2.61. The van der Waals surface area contributed by atoms with Gasteiger partial charge in [0.2, 0.25) is 0 Å². The van der Waals surface area contributed by atoms with Crippen molar-refractivity contribution in [1.29, 1.82) is 0 Å². The van der Waals surface area contributed by atoms with E-state index < -0.39 is 5.63 Å². The molecule has 0 saturated heterocycles. The standard InChI is InChI=1S/C20H18FNO4/c1-13-9-20(24)26-18-10-15(7-8-16(13)18)25-12-19(23)22(2)11-14-5-3-4-6-17(14)21/h3-10H,11-12H2,1-2H3. The number of carbonyl (C=O) groups is 1. The Morgan fingerprint density at radius 2 is 1.96 bits per heavy atom. The number of rotatable bonds is 5. The number of carbonyl (C=O) groups excluding carboxylic acids is 1. The van der Waals surface area contributed by atoms with Gasteiger partial charge in [-0.05, 0) is 30.7 Å². The van der Waals surface area contributed by atoms with Gasteiger partial charge in [-0.15, -0.1) is 0 Å². The lowest BCUT2D eigenvalue weighted by atomic mass is 10.1. The summed E-state index contributed by atoms with van der Waals surface area (Å²) >= 11 is 0. The van der Waals surface area contributed by atoms with Gasteiger partial charge in [0.1, 0.15) is 17.1 Å². The first kappa shape index (κ1) is 17.7. The van der Waals surface area contributed by atoms with Crippen molar-refractivity contribution in [1.82, 2.24) is 4.90 Å². The van der Waals surface area contributed by atoms with E-state index in [9.17, 15) is 14.0 Å². The van der Waals surface area contributed by atoms with Gasteiger partial charge in [0.05, 0.1) is 0 Å². The Balaban J connectivity index is 1.66. The Kier molecular flexibility index (Phi) is 5.02. The summed E-state index contributed by atoms with van der Waals surface area (Å²) in [5.74, 6) is -0.231. The van der Waals surface area contributed by atoms with Crippen LogP contribution in [0.2, 0.25) is 0 Å². The number of ether oxygens (including phenoxy) is 1. The third-order valence-electron chi connectivity index (χ3n) is 4.08. The molecule has 0 aliphatic heterocycles. The van der Waals surface area contributed by atoms with Gasteiger partial charge in [0.25, 0.3) is 5.91 Å². The molecule has 0 saturated carbocycles. The highest BCUT2D eigenvalue weighted by Crippen LogP contribution is 2.22. The van der Waals surface area contributed by atoms with Crippen LogP contribution in [-0.2, 0) is 11.3 Å². The normalized spacial score (nSPS) is 10.7. The molecule has 3 aromatic rings. The number of likely N-dealkylation sites (N-methyl/N-ethyl adjacent to an activating group) is 1. The Morgan fingerprint density at radius 1 is 1.19 bits per heavy atom. The number of benzene rings is 2. The zero-order valence-corrected chi connectivity index (χ0v) is 14.5. The van der Waals surface area contributed by atoms with Crippen molar-refractivity contribution in [3.63, 3.8) is 0 Å². The maximum absolute atomic E-state index is 13.7. The first-order chi connectivity index (χ1) is 12.4. The number of amides is 1. The molecule has 134 valence electrons. The van der Waals surface area contributed by atoms with E-state index in [2.05, 4.69) is 0 Å². The van der Waals surface area contributed by atoms with Crippen LogP contribution in [0.1, 0.15) is 11.1 Å². The highest BCUT2D eigenvalue weighted by atomic mass is 19.1. The van der Waals surface area contributed by atoms with E-state index in [0.29, 0.717) is 16.9 Å². The summed E-state index contributed by atoms with van der Waals surface area (Å²) in [6, 6.07) is 12.8. The average molecular weight is 355 g/mol. The maximum atomic E-state index is 13.7. The van der Waals surface area contributed by atoms with Gasteiger partial charge in [-0.1, -0.05) is 18.2 Å². The Hall–Kier alpha value is -3.15. The fraction of sp³-hybridized carbons (Fsp3) is 0.200. The van der Waals surface area contributed by atoms with Crippen molar-refractivity contribution in [2.75, 3.05) is 13.7 Å². The smallest absolute Gasteiger partial charge is 0.336 e. The van der Waals surface area contributed by atoms with Crippen molar-refractivity contribution >= 4 is 16.9 Å². The first-order valence-corrected chi connectivity index (χ1v) is 8.09. The predicted molar refractivity (Wildman–Crippen MR) is 95.6 cm³/mol. The molecular formula is C20H18FNO4.